The lowest BCUT2D eigenvalue weighted by atomic mass is 10.3. The van der Waals surface area contributed by atoms with Gasteiger partial charge in [0, 0.05) is 13.1 Å². The lowest BCUT2D eigenvalue weighted by Gasteiger charge is -2.30. The van der Waals surface area contributed by atoms with Gasteiger partial charge in [0.2, 0.25) is 5.91 Å². The van der Waals surface area contributed by atoms with E-state index in [0.29, 0.717) is 13.1 Å². The van der Waals surface area contributed by atoms with E-state index in [2.05, 4.69) is 5.92 Å². The maximum atomic E-state index is 11.2. The second-order valence-electron chi connectivity index (χ2n) is 2.76. The highest BCUT2D eigenvalue weighted by atomic mass is 16.2. The summed E-state index contributed by atoms with van der Waals surface area (Å²) in [6.07, 6.45) is 5.10. The first-order chi connectivity index (χ1) is 6.24. The lowest BCUT2D eigenvalue weighted by Crippen LogP contribution is -2.48. The number of carbonyl (C=O) groups excluding carboxylic acids is 1. The van der Waals surface area contributed by atoms with Gasteiger partial charge in [-0.3, -0.25) is 9.69 Å². The van der Waals surface area contributed by atoms with Crippen LogP contribution in [0.4, 0.5) is 0 Å². The van der Waals surface area contributed by atoms with Gasteiger partial charge in [-0.15, -0.1) is 6.42 Å². The van der Waals surface area contributed by atoms with E-state index < -0.39 is 0 Å². The number of amides is 1. The van der Waals surface area contributed by atoms with Gasteiger partial charge in [0.05, 0.1) is 13.1 Å². The van der Waals surface area contributed by atoms with Crippen molar-refractivity contribution in [1.82, 2.24) is 9.80 Å². The van der Waals surface area contributed by atoms with Crippen molar-refractivity contribution in [2.24, 2.45) is 0 Å². The quantitative estimate of drug-likeness (QED) is 0.549. The minimum atomic E-state index is 0.136. The molecule has 0 aromatic heterocycles. The fourth-order valence-electron chi connectivity index (χ4n) is 1.10. The summed E-state index contributed by atoms with van der Waals surface area (Å²) in [4.78, 5) is 14.9. The van der Waals surface area contributed by atoms with Crippen molar-refractivity contribution in [2.45, 2.75) is 13.8 Å². The normalized spacial score (nSPS) is 17.4. The molecular formula is C10H18N2O. The molecule has 0 spiro atoms. The van der Waals surface area contributed by atoms with Gasteiger partial charge in [0.1, 0.15) is 0 Å². The average molecular weight is 182 g/mol. The van der Waals surface area contributed by atoms with Crippen LogP contribution in [0.3, 0.4) is 0 Å². The molecule has 1 aliphatic rings. The first-order valence-corrected chi connectivity index (χ1v) is 4.64. The minimum Gasteiger partial charge on any atom is -0.329 e. The molecule has 0 aromatic rings. The van der Waals surface area contributed by atoms with E-state index in [1.54, 1.807) is 4.90 Å². The molecule has 1 fully saturated rings. The van der Waals surface area contributed by atoms with E-state index in [4.69, 9.17) is 6.42 Å². The van der Waals surface area contributed by atoms with Crippen molar-refractivity contribution < 1.29 is 4.79 Å². The third-order valence-electron chi connectivity index (χ3n) is 1.79. The van der Waals surface area contributed by atoms with Crippen molar-refractivity contribution >= 4 is 5.91 Å². The standard InChI is InChI=1S/C8H12N2O.C2H6/c1-3-4-10-6-5-9(2)7-8(10)11;1-2/h1H,4-7H2,2H3;1-2H3. The summed E-state index contributed by atoms with van der Waals surface area (Å²) in [5.74, 6) is 2.61. The Kier molecular flexibility index (Phi) is 5.99. The molecule has 1 heterocycles. The fraction of sp³-hybridized carbons (Fsp3) is 0.700. The van der Waals surface area contributed by atoms with Crippen molar-refractivity contribution in [2.75, 3.05) is 33.2 Å². The van der Waals surface area contributed by atoms with Crippen LogP contribution >= 0.6 is 0 Å². The molecule has 74 valence electrons. The summed E-state index contributed by atoms with van der Waals surface area (Å²) in [5, 5.41) is 0. The van der Waals surface area contributed by atoms with Gasteiger partial charge < -0.3 is 4.90 Å². The highest BCUT2D eigenvalue weighted by Crippen LogP contribution is 1.99. The molecular weight excluding hydrogens is 164 g/mol. The number of nitrogens with zero attached hydrogens (tertiary/aromatic N) is 2. The molecule has 13 heavy (non-hydrogen) atoms. The Morgan fingerprint density at radius 2 is 2.08 bits per heavy atom. The molecule has 0 atom stereocenters. The number of terminal acetylenes is 1. The van der Waals surface area contributed by atoms with E-state index >= 15 is 0 Å². The van der Waals surface area contributed by atoms with Crippen molar-refractivity contribution in [3.63, 3.8) is 0 Å². The van der Waals surface area contributed by atoms with Gasteiger partial charge in [0.25, 0.3) is 0 Å². The van der Waals surface area contributed by atoms with Gasteiger partial charge in [-0.25, -0.2) is 0 Å². The van der Waals surface area contributed by atoms with Crippen molar-refractivity contribution in [3.8, 4) is 12.3 Å². The molecule has 3 nitrogen and oxygen atoms in total. The molecule has 0 unspecified atom stereocenters. The summed E-state index contributed by atoms with van der Waals surface area (Å²) in [6.45, 7) is 6.64. The van der Waals surface area contributed by atoms with E-state index in [0.717, 1.165) is 13.1 Å². The highest BCUT2D eigenvalue weighted by molar-refractivity contribution is 5.79. The third-order valence-corrected chi connectivity index (χ3v) is 1.79. The van der Waals surface area contributed by atoms with Crippen LogP contribution in [0.15, 0.2) is 0 Å². The molecule has 1 amide bonds. The van der Waals surface area contributed by atoms with Gasteiger partial charge in [-0.2, -0.15) is 0 Å². The van der Waals surface area contributed by atoms with Crippen LogP contribution in [-0.2, 0) is 4.79 Å². The van der Waals surface area contributed by atoms with Gasteiger partial charge in [-0.05, 0) is 7.05 Å². The Hall–Kier alpha value is -1.01. The minimum absolute atomic E-state index is 0.136. The molecule has 0 bridgehead atoms. The zero-order chi connectivity index (χ0) is 10.3. The summed E-state index contributed by atoms with van der Waals surface area (Å²) in [7, 11) is 1.94. The molecule has 1 saturated heterocycles. The van der Waals surface area contributed by atoms with E-state index in [1.807, 2.05) is 25.8 Å². The van der Waals surface area contributed by atoms with Crippen molar-refractivity contribution in [1.29, 1.82) is 0 Å². The van der Waals surface area contributed by atoms with Gasteiger partial charge in [0.15, 0.2) is 0 Å². The molecule has 3 heteroatoms. The van der Waals surface area contributed by atoms with Crippen LogP contribution in [0.1, 0.15) is 13.8 Å². The van der Waals surface area contributed by atoms with Crippen LogP contribution in [-0.4, -0.2) is 48.9 Å². The van der Waals surface area contributed by atoms with E-state index in [9.17, 15) is 4.79 Å². The Balaban J connectivity index is 0.000000671. The maximum Gasteiger partial charge on any atom is 0.237 e. The van der Waals surface area contributed by atoms with E-state index in [-0.39, 0.29) is 5.91 Å². The smallest absolute Gasteiger partial charge is 0.237 e. The first-order valence-electron chi connectivity index (χ1n) is 4.64. The van der Waals surface area contributed by atoms with Crippen LogP contribution in [0.2, 0.25) is 0 Å². The number of hydrogen-bond acceptors (Lipinski definition) is 2. The number of piperazine rings is 1. The topological polar surface area (TPSA) is 23.6 Å². The summed E-state index contributed by atoms with van der Waals surface area (Å²) in [6, 6.07) is 0. The SMILES string of the molecule is C#CCN1CCN(C)CC1=O.CC. The molecule has 0 radical (unpaired) electrons. The molecule has 0 saturated carbocycles. The monoisotopic (exact) mass is 182 g/mol. The van der Waals surface area contributed by atoms with E-state index in [1.165, 1.54) is 0 Å². The molecule has 0 N–H and O–H groups in total. The maximum absolute atomic E-state index is 11.2. The Bertz CT molecular complexity index is 196. The average Bonchev–Trinajstić information content (AvgIpc) is 2.14. The predicted octanol–water partition coefficient (Wildman–Crippen LogP) is 0.420. The van der Waals surface area contributed by atoms with Gasteiger partial charge >= 0.3 is 0 Å². The van der Waals surface area contributed by atoms with Gasteiger partial charge in [-0.1, -0.05) is 19.8 Å². The Morgan fingerprint density at radius 1 is 1.46 bits per heavy atom. The Labute approximate surface area is 80.7 Å². The zero-order valence-corrected chi connectivity index (χ0v) is 8.71. The van der Waals surface area contributed by atoms with Crippen LogP contribution in [0.25, 0.3) is 0 Å². The number of likely N-dealkylation sites (N-methyl/N-ethyl adjacent to an activating group) is 1. The molecule has 1 rings (SSSR count). The second kappa shape index (κ2) is 6.50. The summed E-state index contributed by atoms with van der Waals surface area (Å²) in [5.41, 5.74) is 0. The first kappa shape index (κ1) is 12.0. The molecule has 1 aliphatic heterocycles. The highest BCUT2D eigenvalue weighted by Gasteiger charge is 2.19. The zero-order valence-electron chi connectivity index (χ0n) is 8.71. The van der Waals surface area contributed by atoms with Crippen LogP contribution < -0.4 is 0 Å². The number of hydrogen-bond donors (Lipinski definition) is 0. The van der Waals surface area contributed by atoms with Crippen LogP contribution in [0.5, 0.6) is 0 Å². The number of rotatable bonds is 1. The largest absolute Gasteiger partial charge is 0.329 e. The molecule has 0 aliphatic carbocycles. The number of carbonyl (C=O) groups is 1. The summed E-state index contributed by atoms with van der Waals surface area (Å²) < 4.78 is 0. The van der Waals surface area contributed by atoms with Crippen molar-refractivity contribution in [3.05, 3.63) is 0 Å². The molecule has 0 aromatic carbocycles. The lowest BCUT2D eigenvalue weighted by molar-refractivity contribution is -0.134. The second-order valence-corrected chi connectivity index (χ2v) is 2.76. The fourth-order valence-corrected chi connectivity index (χ4v) is 1.10. The third kappa shape index (κ3) is 3.95. The predicted molar refractivity (Wildman–Crippen MR) is 54.3 cm³/mol. The Morgan fingerprint density at radius 3 is 2.54 bits per heavy atom. The summed E-state index contributed by atoms with van der Waals surface area (Å²) >= 11 is 0. The van der Waals surface area contributed by atoms with Crippen LogP contribution in [0, 0.1) is 12.3 Å².